The van der Waals surface area contributed by atoms with E-state index in [1.165, 1.54) is 17.8 Å². The van der Waals surface area contributed by atoms with Crippen molar-refractivity contribution in [2.45, 2.75) is 16.1 Å². The second-order valence-electron chi connectivity index (χ2n) is 7.21. The quantitative estimate of drug-likeness (QED) is 0.280. The van der Waals surface area contributed by atoms with Gasteiger partial charge in [-0.1, -0.05) is 47.6 Å². The number of aromatic nitrogens is 1. The molecule has 0 saturated heterocycles. The lowest BCUT2D eigenvalue weighted by Crippen LogP contribution is -2.05. The second-order valence-corrected chi connectivity index (χ2v) is 8.71. The molecule has 0 bridgehead atoms. The molecule has 0 saturated carbocycles. The van der Waals surface area contributed by atoms with Crippen molar-refractivity contribution in [3.05, 3.63) is 95.0 Å². The molecule has 0 aliphatic rings. The summed E-state index contributed by atoms with van der Waals surface area (Å²) in [4.78, 5) is 5.39. The first-order chi connectivity index (χ1) is 16.3. The number of pyridine rings is 1. The van der Waals surface area contributed by atoms with E-state index in [-0.39, 0.29) is 0 Å². The Morgan fingerprint density at radius 1 is 0.941 bits per heavy atom. The van der Waals surface area contributed by atoms with Crippen molar-refractivity contribution < 1.29 is 17.9 Å². The summed E-state index contributed by atoms with van der Waals surface area (Å²) in [6.45, 7) is 0. The number of nitrogens with zero attached hydrogens (tertiary/aromatic N) is 2. The third-order valence-corrected chi connectivity index (χ3v) is 6.26. The highest BCUT2D eigenvalue weighted by Crippen LogP contribution is 2.39. The predicted molar refractivity (Wildman–Crippen MR) is 127 cm³/mol. The molecule has 4 rings (SSSR count). The number of methoxy groups -OCH3 is 1. The number of alkyl halides is 3. The van der Waals surface area contributed by atoms with Gasteiger partial charge in [-0.3, -0.25) is 0 Å². The van der Waals surface area contributed by atoms with Crippen molar-refractivity contribution >= 4 is 23.4 Å². The molecule has 0 aliphatic carbocycles. The van der Waals surface area contributed by atoms with Gasteiger partial charge in [0.15, 0.2) is 0 Å². The predicted octanol–water partition coefficient (Wildman–Crippen LogP) is 8.12. The van der Waals surface area contributed by atoms with Gasteiger partial charge in [0.05, 0.1) is 23.9 Å². The molecule has 0 fully saturated rings. The van der Waals surface area contributed by atoms with Gasteiger partial charge in [0, 0.05) is 21.0 Å². The monoisotopic (exact) mass is 496 g/mol. The summed E-state index contributed by atoms with van der Waals surface area (Å²) in [7, 11) is 1.56. The summed E-state index contributed by atoms with van der Waals surface area (Å²) in [5, 5.41) is 10.9. The molecule has 1 aromatic heterocycles. The van der Waals surface area contributed by atoms with Crippen molar-refractivity contribution in [2.75, 3.05) is 7.11 Å². The molecule has 3 nitrogen and oxygen atoms in total. The number of ether oxygens (including phenoxy) is 1. The maximum absolute atomic E-state index is 13.3. The summed E-state index contributed by atoms with van der Waals surface area (Å²) >= 11 is 7.28. The van der Waals surface area contributed by atoms with E-state index < -0.39 is 11.7 Å². The Morgan fingerprint density at radius 2 is 1.65 bits per heavy atom. The van der Waals surface area contributed by atoms with E-state index in [4.69, 9.17) is 16.3 Å². The van der Waals surface area contributed by atoms with Crippen LogP contribution in [0.15, 0.2) is 88.8 Å². The number of hydrogen-bond acceptors (Lipinski definition) is 4. The van der Waals surface area contributed by atoms with Crippen LogP contribution < -0.4 is 4.74 Å². The second kappa shape index (κ2) is 9.80. The molecular weight excluding hydrogens is 481 g/mol. The first-order valence-corrected chi connectivity index (χ1v) is 11.2. The molecule has 0 amide bonds. The molecule has 4 aromatic rings. The average molecular weight is 497 g/mol. The third kappa shape index (κ3) is 5.19. The smallest absolute Gasteiger partial charge is 0.416 e. The molecule has 0 atom stereocenters. The maximum Gasteiger partial charge on any atom is 0.416 e. The van der Waals surface area contributed by atoms with E-state index in [1.54, 1.807) is 55.6 Å². The van der Waals surface area contributed by atoms with E-state index in [0.29, 0.717) is 43.7 Å². The number of benzene rings is 3. The highest BCUT2D eigenvalue weighted by Gasteiger charge is 2.30. The van der Waals surface area contributed by atoms with Crippen LogP contribution in [-0.4, -0.2) is 12.1 Å². The Morgan fingerprint density at radius 3 is 2.26 bits per heavy atom. The minimum Gasteiger partial charge on any atom is -0.497 e. The fourth-order valence-corrected chi connectivity index (χ4v) is 4.34. The van der Waals surface area contributed by atoms with Crippen LogP contribution in [0.5, 0.6) is 5.75 Å². The molecule has 0 N–H and O–H groups in total. The topological polar surface area (TPSA) is 45.9 Å². The van der Waals surface area contributed by atoms with Crippen LogP contribution in [-0.2, 0) is 6.18 Å². The number of nitriles is 1. The Hall–Kier alpha value is -3.47. The van der Waals surface area contributed by atoms with Crippen LogP contribution in [0.1, 0.15) is 11.1 Å². The van der Waals surface area contributed by atoms with Gasteiger partial charge >= 0.3 is 6.18 Å². The molecule has 170 valence electrons. The molecule has 0 unspecified atom stereocenters. The molecular formula is C26H16ClF3N2OS. The van der Waals surface area contributed by atoms with Gasteiger partial charge < -0.3 is 4.74 Å². The zero-order valence-corrected chi connectivity index (χ0v) is 19.3. The summed E-state index contributed by atoms with van der Waals surface area (Å²) < 4.78 is 45.2. The zero-order valence-electron chi connectivity index (χ0n) is 17.7. The van der Waals surface area contributed by atoms with Gasteiger partial charge in [0.1, 0.15) is 16.8 Å². The first-order valence-electron chi connectivity index (χ1n) is 9.99. The van der Waals surface area contributed by atoms with Gasteiger partial charge in [-0.2, -0.15) is 18.4 Å². The standard InChI is InChI=1S/C26H16ClF3N2OS/c1-33-20-9-11-21(12-10-20)34-25-23(15-31)22(16-5-7-19(27)8-6-16)14-24(32-25)17-3-2-4-18(13-17)26(28,29)30/h2-14H,1H3. The van der Waals surface area contributed by atoms with Crippen LogP contribution in [0.3, 0.4) is 0 Å². The van der Waals surface area contributed by atoms with Crippen molar-refractivity contribution in [3.8, 4) is 34.2 Å². The van der Waals surface area contributed by atoms with Crippen LogP contribution in [0.2, 0.25) is 5.02 Å². The minimum absolute atomic E-state index is 0.297. The Labute approximate surface area is 203 Å². The van der Waals surface area contributed by atoms with Gasteiger partial charge in [-0.25, -0.2) is 4.98 Å². The lowest BCUT2D eigenvalue weighted by Gasteiger charge is -2.14. The highest BCUT2D eigenvalue weighted by atomic mass is 35.5. The summed E-state index contributed by atoms with van der Waals surface area (Å²) in [6.07, 6.45) is -4.48. The molecule has 1 heterocycles. The SMILES string of the molecule is COc1ccc(Sc2nc(-c3cccc(C(F)(F)F)c3)cc(-c3ccc(Cl)cc3)c2C#N)cc1. The molecule has 3 aromatic carbocycles. The molecule has 0 radical (unpaired) electrons. The van der Waals surface area contributed by atoms with Crippen LogP contribution >= 0.6 is 23.4 Å². The molecule has 8 heteroatoms. The largest absolute Gasteiger partial charge is 0.497 e. The van der Waals surface area contributed by atoms with E-state index in [1.807, 2.05) is 12.1 Å². The summed E-state index contributed by atoms with van der Waals surface area (Å²) in [5.74, 6) is 0.678. The number of rotatable bonds is 5. The lowest BCUT2D eigenvalue weighted by atomic mass is 9.98. The molecule has 0 spiro atoms. The first kappa shape index (κ1) is 23.7. The Kier molecular flexibility index (Phi) is 6.82. The fourth-order valence-electron chi connectivity index (χ4n) is 3.32. The summed E-state index contributed by atoms with van der Waals surface area (Å²) in [6, 6.07) is 23.0. The zero-order chi connectivity index (χ0) is 24.3. The minimum atomic E-state index is -4.48. The Bertz CT molecular complexity index is 1370. The number of hydrogen-bond donors (Lipinski definition) is 0. The normalized spacial score (nSPS) is 11.2. The third-order valence-electron chi connectivity index (χ3n) is 5.01. The summed E-state index contributed by atoms with van der Waals surface area (Å²) in [5.41, 5.74) is 1.43. The maximum atomic E-state index is 13.3. The van der Waals surface area contributed by atoms with Gasteiger partial charge in [0.25, 0.3) is 0 Å². The van der Waals surface area contributed by atoms with Crippen molar-refractivity contribution in [1.29, 1.82) is 5.26 Å². The van der Waals surface area contributed by atoms with Crippen LogP contribution in [0.4, 0.5) is 13.2 Å². The van der Waals surface area contributed by atoms with E-state index in [0.717, 1.165) is 17.0 Å². The molecule has 0 aliphatic heterocycles. The van der Waals surface area contributed by atoms with Gasteiger partial charge in [0.2, 0.25) is 0 Å². The lowest BCUT2D eigenvalue weighted by molar-refractivity contribution is -0.137. The molecule has 34 heavy (non-hydrogen) atoms. The van der Waals surface area contributed by atoms with Crippen molar-refractivity contribution in [3.63, 3.8) is 0 Å². The fraction of sp³-hybridized carbons (Fsp3) is 0.0769. The van der Waals surface area contributed by atoms with Gasteiger partial charge in [-0.15, -0.1) is 0 Å². The van der Waals surface area contributed by atoms with E-state index in [9.17, 15) is 18.4 Å². The van der Waals surface area contributed by atoms with Crippen molar-refractivity contribution in [2.24, 2.45) is 0 Å². The van der Waals surface area contributed by atoms with Crippen molar-refractivity contribution in [1.82, 2.24) is 4.98 Å². The van der Waals surface area contributed by atoms with Crippen LogP contribution in [0.25, 0.3) is 22.4 Å². The average Bonchev–Trinajstić information content (AvgIpc) is 2.84. The van der Waals surface area contributed by atoms with Crippen LogP contribution in [0, 0.1) is 11.3 Å². The highest BCUT2D eigenvalue weighted by molar-refractivity contribution is 7.99. The van der Waals surface area contributed by atoms with Gasteiger partial charge in [-0.05, 0) is 60.2 Å². The number of halogens is 4. The Balaban J connectivity index is 1.90. The van der Waals surface area contributed by atoms with E-state index in [2.05, 4.69) is 11.1 Å². The van der Waals surface area contributed by atoms with E-state index >= 15 is 0 Å².